The minimum absolute atomic E-state index is 0.0572. The summed E-state index contributed by atoms with van der Waals surface area (Å²) in [5.74, 6) is -0.0296. The topological polar surface area (TPSA) is 94.9 Å². The van der Waals surface area contributed by atoms with Gasteiger partial charge in [0.25, 0.3) is 10.0 Å². The Balaban J connectivity index is 1.90. The smallest absolute Gasteiger partial charge is 0.297 e. The summed E-state index contributed by atoms with van der Waals surface area (Å²) < 4.78 is 33.3. The van der Waals surface area contributed by atoms with Gasteiger partial charge in [-0.15, -0.1) is 0 Å². The fraction of sp³-hybridized carbons (Fsp3) is 0.421. The van der Waals surface area contributed by atoms with Crippen LogP contribution < -0.4 is 15.2 Å². The largest absolute Gasteiger partial charge is 0.446 e. The Kier molecular flexibility index (Phi) is 5.78. The maximum atomic E-state index is 13.1. The van der Waals surface area contributed by atoms with Gasteiger partial charge in [-0.05, 0) is 43.7 Å². The quantitative estimate of drug-likeness (QED) is 0.758. The molecule has 2 N–H and O–H groups in total. The number of anilines is 1. The number of furan rings is 1. The number of nitrogens with zero attached hydrogens (tertiary/aromatic N) is 2. The van der Waals surface area contributed by atoms with E-state index in [1.165, 1.54) is 15.3 Å². The molecule has 8 nitrogen and oxygen atoms in total. The number of hydrazine groups is 1. The first kappa shape index (κ1) is 20.4. The third-order valence-corrected chi connectivity index (χ3v) is 6.55. The molecule has 1 aromatic heterocycles. The van der Waals surface area contributed by atoms with Crippen molar-refractivity contribution in [3.05, 3.63) is 47.7 Å². The fourth-order valence-electron chi connectivity index (χ4n) is 3.35. The Morgan fingerprint density at radius 2 is 2.00 bits per heavy atom. The fourth-order valence-corrected chi connectivity index (χ4v) is 4.74. The van der Waals surface area contributed by atoms with Crippen molar-refractivity contribution < 1.29 is 17.6 Å². The summed E-state index contributed by atoms with van der Waals surface area (Å²) in [6, 6.07) is 9.92. The molecule has 2 atom stereocenters. The molecule has 0 aliphatic carbocycles. The first-order valence-electron chi connectivity index (χ1n) is 9.14. The Bertz CT molecular complexity index is 954. The molecular weight excluding hydrogens is 380 g/mol. The van der Waals surface area contributed by atoms with E-state index in [1.54, 1.807) is 33.2 Å². The van der Waals surface area contributed by atoms with Gasteiger partial charge in [0.15, 0.2) is 0 Å². The summed E-state index contributed by atoms with van der Waals surface area (Å²) in [7, 11) is -0.478. The van der Waals surface area contributed by atoms with E-state index >= 15 is 0 Å². The van der Waals surface area contributed by atoms with Crippen LogP contribution in [0.3, 0.4) is 0 Å². The van der Waals surface area contributed by atoms with Crippen LogP contribution in [0.2, 0.25) is 0 Å². The van der Waals surface area contributed by atoms with Crippen molar-refractivity contribution >= 4 is 21.6 Å². The average Bonchev–Trinajstić information content (AvgIpc) is 3.31. The third kappa shape index (κ3) is 3.78. The minimum atomic E-state index is -3.86. The number of rotatable bonds is 6. The molecule has 1 aliphatic heterocycles. The maximum Gasteiger partial charge on any atom is 0.297 e. The van der Waals surface area contributed by atoms with Gasteiger partial charge in [0.1, 0.15) is 5.76 Å². The van der Waals surface area contributed by atoms with E-state index < -0.39 is 16.1 Å². The Morgan fingerprint density at radius 3 is 2.64 bits per heavy atom. The lowest BCUT2D eigenvalue weighted by atomic mass is 9.99. The molecule has 1 aromatic carbocycles. The molecule has 28 heavy (non-hydrogen) atoms. The molecule has 3 rings (SSSR count). The zero-order chi connectivity index (χ0) is 20.5. The Morgan fingerprint density at radius 1 is 1.25 bits per heavy atom. The van der Waals surface area contributed by atoms with Crippen LogP contribution in [0.1, 0.15) is 24.3 Å². The van der Waals surface area contributed by atoms with Crippen LogP contribution in [-0.2, 0) is 14.8 Å². The van der Waals surface area contributed by atoms with Gasteiger partial charge in [0.2, 0.25) is 11.0 Å². The van der Waals surface area contributed by atoms with E-state index in [0.29, 0.717) is 18.0 Å². The van der Waals surface area contributed by atoms with Crippen LogP contribution in [0.5, 0.6) is 0 Å². The Hall–Kier alpha value is -2.36. The number of aryl methyl sites for hydroxylation is 1. The lowest BCUT2D eigenvalue weighted by Crippen LogP contribution is -2.34. The molecule has 9 heteroatoms. The molecule has 0 spiro atoms. The van der Waals surface area contributed by atoms with Crippen molar-refractivity contribution in [3.63, 3.8) is 0 Å². The van der Waals surface area contributed by atoms with Crippen LogP contribution in [0.25, 0.3) is 0 Å². The highest BCUT2D eigenvalue weighted by Gasteiger charge is 2.38. The van der Waals surface area contributed by atoms with Crippen molar-refractivity contribution in [2.24, 2.45) is 5.92 Å². The van der Waals surface area contributed by atoms with Gasteiger partial charge >= 0.3 is 0 Å². The van der Waals surface area contributed by atoms with E-state index in [-0.39, 0.29) is 23.5 Å². The number of nitrogens with one attached hydrogen (secondary N) is 2. The van der Waals surface area contributed by atoms with Crippen molar-refractivity contribution in [2.75, 3.05) is 31.5 Å². The van der Waals surface area contributed by atoms with Gasteiger partial charge in [-0.1, -0.05) is 12.1 Å². The standard InChI is InChI=1S/C19H26N4O4S/c1-5-23(14-8-6-7-13(2)11-14)28(25,26)17-10-9-16(27-17)18-15(12-20-21-18)19(24)22(3)4/h6-11,15,18,20-21H,5,12H2,1-4H3. The molecule has 1 saturated heterocycles. The van der Waals surface area contributed by atoms with Crippen LogP contribution >= 0.6 is 0 Å². The molecular formula is C19H26N4O4S. The molecule has 0 radical (unpaired) electrons. The second kappa shape index (κ2) is 7.94. The van der Waals surface area contributed by atoms with Gasteiger partial charge in [-0.25, -0.2) is 5.43 Å². The minimum Gasteiger partial charge on any atom is -0.446 e. The lowest BCUT2D eigenvalue weighted by molar-refractivity contribution is -0.133. The monoisotopic (exact) mass is 406 g/mol. The second-order valence-corrected chi connectivity index (χ2v) is 8.80. The number of carbonyl (C=O) groups excluding carboxylic acids is 1. The zero-order valence-electron chi connectivity index (χ0n) is 16.5. The molecule has 0 bridgehead atoms. The van der Waals surface area contributed by atoms with Crippen molar-refractivity contribution in [2.45, 2.75) is 25.0 Å². The van der Waals surface area contributed by atoms with E-state index in [1.807, 2.05) is 25.1 Å². The summed E-state index contributed by atoms with van der Waals surface area (Å²) in [5.41, 5.74) is 7.51. The summed E-state index contributed by atoms with van der Waals surface area (Å²) in [6.07, 6.45) is 0. The SMILES string of the molecule is CCN(c1cccc(C)c1)S(=O)(=O)c1ccc(C2NNCC2C(=O)N(C)C)o1. The summed E-state index contributed by atoms with van der Waals surface area (Å²) in [5, 5.41) is -0.143. The molecule has 152 valence electrons. The molecule has 1 aliphatic rings. The van der Waals surface area contributed by atoms with Gasteiger partial charge in [0, 0.05) is 27.2 Å². The number of carbonyl (C=O) groups is 1. The molecule has 0 saturated carbocycles. The van der Waals surface area contributed by atoms with Crippen molar-refractivity contribution in [1.29, 1.82) is 0 Å². The Labute approximate surface area is 165 Å². The highest BCUT2D eigenvalue weighted by Crippen LogP contribution is 2.31. The highest BCUT2D eigenvalue weighted by atomic mass is 32.2. The normalized spacial score (nSPS) is 19.6. The average molecular weight is 407 g/mol. The van der Waals surface area contributed by atoms with Gasteiger partial charge < -0.3 is 9.32 Å². The highest BCUT2D eigenvalue weighted by molar-refractivity contribution is 7.92. The number of sulfonamides is 1. The summed E-state index contributed by atoms with van der Waals surface area (Å²) in [6.45, 7) is 4.40. The third-order valence-electron chi connectivity index (χ3n) is 4.77. The molecule has 1 fully saturated rings. The molecule has 1 amide bonds. The summed E-state index contributed by atoms with van der Waals surface area (Å²) in [4.78, 5) is 13.9. The number of amides is 1. The summed E-state index contributed by atoms with van der Waals surface area (Å²) >= 11 is 0. The number of hydrogen-bond acceptors (Lipinski definition) is 6. The first-order chi connectivity index (χ1) is 13.3. The van der Waals surface area contributed by atoms with Gasteiger partial charge in [-0.2, -0.15) is 8.42 Å². The lowest BCUT2D eigenvalue weighted by Gasteiger charge is -2.22. The van der Waals surface area contributed by atoms with E-state index in [0.717, 1.165) is 5.56 Å². The maximum absolute atomic E-state index is 13.1. The van der Waals surface area contributed by atoms with E-state index in [4.69, 9.17) is 4.42 Å². The van der Waals surface area contributed by atoms with Crippen LogP contribution in [0.15, 0.2) is 45.9 Å². The van der Waals surface area contributed by atoms with Crippen LogP contribution in [0, 0.1) is 12.8 Å². The van der Waals surface area contributed by atoms with Crippen molar-refractivity contribution in [3.8, 4) is 0 Å². The van der Waals surface area contributed by atoms with Crippen LogP contribution in [0.4, 0.5) is 5.69 Å². The van der Waals surface area contributed by atoms with Gasteiger partial charge in [0.05, 0.1) is 17.6 Å². The number of hydrogen-bond donors (Lipinski definition) is 2. The second-order valence-electron chi connectivity index (χ2n) is 7.01. The first-order valence-corrected chi connectivity index (χ1v) is 10.6. The molecule has 2 heterocycles. The van der Waals surface area contributed by atoms with Gasteiger partial charge in [-0.3, -0.25) is 14.5 Å². The zero-order valence-corrected chi connectivity index (χ0v) is 17.3. The van der Waals surface area contributed by atoms with E-state index in [9.17, 15) is 13.2 Å². The van der Waals surface area contributed by atoms with Crippen molar-refractivity contribution in [1.82, 2.24) is 15.8 Å². The molecule has 2 aromatic rings. The predicted molar refractivity (Wildman–Crippen MR) is 106 cm³/mol. The number of benzene rings is 1. The molecule has 2 unspecified atom stereocenters. The van der Waals surface area contributed by atoms with E-state index in [2.05, 4.69) is 10.9 Å². The predicted octanol–water partition coefficient (Wildman–Crippen LogP) is 1.66. The van der Waals surface area contributed by atoms with Crippen LogP contribution in [-0.4, -0.2) is 46.4 Å².